The van der Waals surface area contributed by atoms with Gasteiger partial charge in [-0.2, -0.15) is 5.26 Å². The first-order chi connectivity index (χ1) is 14.7. The molecule has 0 fully saturated rings. The van der Waals surface area contributed by atoms with Crippen molar-refractivity contribution in [2.45, 2.75) is 23.9 Å². The van der Waals surface area contributed by atoms with Crippen LogP contribution in [-0.4, -0.2) is 25.9 Å². The van der Waals surface area contributed by atoms with Crippen molar-refractivity contribution in [1.29, 1.82) is 5.26 Å². The number of furan rings is 1. The molecule has 1 atom stereocenters. The molecule has 0 saturated carbocycles. The van der Waals surface area contributed by atoms with Gasteiger partial charge < -0.3 is 9.73 Å². The van der Waals surface area contributed by atoms with Crippen molar-refractivity contribution in [3.05, 3.63) is 71.3 Å². The van der Waals surface area contributed by atoms with Gasteiger partial charge in [-0.25, -0.2) is 0 Å². The zero-order chi connectivity index (χ0) is 20.9. The van der Waals surface area contributed by atoms with E-state index < -0.39 is 5.25 Å². The molecule has 4 rings (SSSR count). The van der Waals surface area contributed by atoms with Crippen LogP contribution in [0.1, 0.15) is 18.1 Å². The van der Waals surface area contributed by atoms with E-state index in [1.165, 1.54) is 23.1 Å². The zero-order valence-corrected chi connectivity index (χ0v) is 17.6. The zero-order valence-electron chi connectivity index (χ0n) is 16.0. The number of aromatic nitrogens is 3. The fraction of sp³-hybridized carbons (Fsp3) is 0.143. The van der Waals surface area contributed by atoms with Crippen molar-refractivity contribution in [3.8, 4) is 17.7 Å². The number of hydrogen-bond donors (Lipinski definition) is 1. The number of amides is 1. The molecular formula is C21H17N5O2S2. The number of anilines is 1. The average molecular weight is 436 g/mol. The highest BCUT2D eigenvalue weighted by molar-refractivity contribution is 8.00. The van der Waals surface area contributed by atoms with Gasteiger partial charge in [-0.15, -0.1) is 21.5 Å². The molecular weight excluding hydrogens is 418 g/mol. The molecule has 30 heavy (non-hydrogen) atoms. The second-order valence-corrected chi connectivity index (χ2v) is 8.60. The van der Waals surface area contributed by atoms with Crippen LogP contribution in [0, 0.1) is 11.3 Å². The van der Waals surface area contributed by atoms with Crippen molar-refractivity contribution in [3.63, 3.8) is 0 Å². The molecule has 4 aromatic rings. The minimum atomic E-state index is -0.443. The molecule has 1 amide bonds. The van der Waals surface area contributed by atoms with Gasteiger partial charge in [0.15, 0.2) is 10.9 Å². The standard InChI is InChI=1S/C21H17N5O2S2/c1-14(19(27)23-20-16(12-22)9-11-29-20)30-21-25-24-18(17-8-5-10-28-17)26(21)13-15-6-3-2-4-7-15/h2-11,14H,13H2,1H3,(H,23,27)/t14-/m0/s1. The van der Waals surface area contributed by atoms with Gasteiger partial charge in [0.05, 0.1) is 23.6 Å². The van der Waals surface area contributed by atoms with Gasteiger partial charge in [0.25, 0.3) is 0 Å². The third-order valence-electron chi connectivity index (χ3n) is 4.32. The lowest BCUT2D eigenvalue weighted by atomic mass is 10.2. The summed E-state index contributed by atoms with van der Waals surface area (Å²) in [5.41, 5.74) is 1.54. The Kier molecular flexibility index (Phi) is 5.97. The van der Waals surface area contributed by atoms with E-state index >= 15 is 0 Å². The van der Waals surface area contributed by atoms with Gasteiger partial charge >= 0.3 is 0 Å². The minimum absolute atomic E-state index is 0.201. The summed E-state index contributed by atoms with van der Waals surface area (Å²) in [6, 6.07) is 17.4. The van der Waals surface area contributed by atoms with Gasteiger partial charge in [-0.3, -0.25) is 9.36 Å². The second kappa shape index (κ2) is 8.98. The van der Waals surface area contributed by atoms with Crippen LogP contribution in [0.3, 0.4) is 0 Å². The Hall–Kier alpha value is -3.35. The first kappa shape index (κ1) is 19.9. The quantitative estimate of drug-likeness (QED) is 0.425. The molecule has 0 aliphatic carbocycles. The van der Waals surface area contributed by atoms with Crippen molar-refractivity contribution < 1.29 is 9.21 Å². The number of thioether (sulfide) groups is 1. The number of nitriles is 1. The number of nitrogens with one attached hydrogen (secondary N) is 1. The Balaban J connectivity index is 1.57. The van der Waals surface area contributed by atoms with Crippen molar-refractivity contribution in [2.75, 3.05) is 5.32 Å². The number of carbonyl (C=O) groups excluding carboxylic acids is 1. The monoisotopic (exact) mass is 435 g/mol. The number of hydrogen-bond acceptors (Lipinski definition) is 7. The lowest BCUT2D eigenvalue weighted by Crippen LogP contribution is -2.23. The SMILES string of the molecule is C[C@H](Sc1nnc(-c2ccco2)n1Cc1ccccc1)C(=O)Nc1sccc1C#N. The topological polar surface area (TPSA) is 96.7 Å². The largest absolute Gasteiger partial charge is 0.461 e. The van der Waals surface area contributed by atoms with Crippen LogP contribution in [0.25, 0.3) is 11.6 Å². The van der Waals surface area contributed by atoms with Crippen LogP contribution in [0.2, 0.25) is 0 Å². The van der Waals surface area contributed by atoms with E-state index in [4.69, 9.17) is 9.68 Å². The van der Waals surface area contributed by atoms with Gasteiger partial charge in [-0.1, -0.05) is 42.1 Å². The summed E-state index contributed by atoms with van der Waals surface area (Å²) in [4.78, 5) is 12.7. The van der Waals surface area contributed by atoms with Crippen LogP contribution < -0.4 is 5.32 Å². The molecule has 0 spiro atoms. The summed E-state index contributed by atoms with van der Waals surface area (Å²) in [5, 5.41) is 23.1. The van der Waals surface area contributed by atoms with Gasteiger partial charge in [0.1, 0.15) is 11.1 Å². The highest BCUT2D eigenvalue weighted by Gasteiger charge is 2.23. The molecule has 0 aliphatic heterocycles. The van der Waals surface area contributed by atoms with Crippen molar-refractivity contribution >= 4 is 34.0 Å². The molecule has 7 nitrogen and oxygen atoms in total. The van der Waals surface area contributed by atoms with Crippen molar-refractivity contribution in [2.24, 2.45) is 0 Å². The molecule has 3 aromatic heterocycles. The maximum atomic E-state index is 12.7. The van der Waals surface area contributed by atoms with Crippen molar-refractivity contribution in [1.82, 2.24) is 14.8 Å². The predicted octanol–water partition coefficient (Wildman–Crippen LogP) is 4.64. The van der Waals surface area contributed by atoms with E-state index in [2.05, 4.69) is 21.6 Å². The summed E-state index contributed by atoms with van der Waals surface area (Å²) >= 11 is 2.63. The smallest absolute Gasteiger partial charge is 0.238 e. The average Bonchev–Trinajstić information content (AvgIpc) is 3.51. The summed E-state index contributed by atoms with van der Waals surface area (Å²) in [7, 11) is 0. The molecule has 9 heteroatoms. The maximum Gasteiger partial charge on any atom is 0.238 e. The number of benzene rings is 1. The van der Waals surface area contributed by atoms with Gasteiger partial charge in [0, 0.05) is 0 Å². The third-order valence-corrected chi connectivity index (χ3v) is 6.23. The number of thiophene rings is 1. The number of nitrogens with zero attached hydrogens (tertiary/aromatic N) is 4. The van der Waals surface area contributed by atoms with Crippen LogP contribution >= 0.6 is 23.1 Å². The van der Waals surface area contributed by atoms with Gasteiger partial charge in [-0.05, 0) is 36.1 Å². The Bertz CT molecular complexity index is 1180. The van der Waals surface area contributed by atoms with Gasteiger partial charge in [0.2, 0.25) is 11.7 Å². The third kappa shape index (κ3) is 4.30. The highest BCUT2D eigenvalue weighted by atomic mass is 32.2. The summed E-state index contributed by atoms with van der Waals surface area (Å²) in [6.07, 6.45) is 1.59. The number of rotatable bonds is 7. The highest BCUT2D eigenvalue weighted by Crippen LogP contribution is 2.29. The number of carbonyl (C=O) groups is 1. The molecule has 0 radical (unpaired) electrons. The lowest BCUT2D eigenvalue weighted by Gasteiger charge is -2.13. The summed E-state index contributed by atoms with van der Waals surface area (Å²) in [6.45, 7) is 2.35. The van der Waals surface area contributed by atoms with E-state index in [-0.39, 0.29) is 5.91 Å². The molecule has 3 heterocycles. The Labute approximate surface area is 181 Å². The van der Waals surface area contributed by atoms with Crippen LogP contribution in [-0.2, 0) is 11.3 Å². The van der Waals surface area contributed by atoms with Crippen LogP contribution in [0.15, 0.2) is 69.7 Å². The van der Waals surface area contributed by atoms with E-state index in [0.717, 1.165) is 5.56 Å². The Morgan fingerprint density at radius 1 is 1.27 bits per heavy atom. The van der Waals surface area contributed by atoms with E-state index in [9.17, 15) is 4.79 Å². The predicted molar refractivity (Wildman–Crippen MR) is 116 cm³/mol. The first-order valence-corrected chi connectivity index (χ1v) is 10.9. The van der Waals surface area contributed by atoms with E-state index in [1.54, 1.807) is 30.7 Å². The Morgan fingerprint density at radius 3 is 2.83 bits per heavy atom. The molecule has 0 unspecified atom stereocenters. The molecule has 0 bridgehead atoms. The van der Waals surface area contributed by atoms with Crippen LogP contribution in [0.5, 0.6) is 0 Å². The molecule has 1 aromatic carbocycles. The van der Waals surface area contributed by atoms with E-state index in [1.807, 2.05) is 41.0 Å². The summed E-state index contributed by atoms with van der Waals surface area (Å²) < 4.78 is 7.46. The normalized spacial score (nSPS) is 11.7. The molecule has 0 saturated heterocycles. The maximum absolute atomic E-state index is 12.7. The summed E-state index contributed by atoms with van der Waals surface area (Å²) in [5.74, 6) is 1.01. The minimum Gasteiger partial charge on any atom is -0.461 e. The molecule has 1 N–H and O–H groups in total. The lowest BCUT2D eigenvalue weighted by molar-refractivity contribution is -0.115. The van der Waals surface area contributed by atoms with Crippen LogP contribution in [0.4, 0.5) is 5.00 Å². The molecule has 150 valence electrons. The van der Waals surface area contributed by atoms with E-state index in [0.29, 0.717) is 33.9 Å². The Morgan fingerprint density at radius 2 is 2.10 bits per heavy atom. The fourth-order valence-electron chi connectivity index (χ4n) is 2.79. The first-order valence-electron chi connectivity index (χ1n) is 9.12. The second-order valence-electron chi connectivity index (χ2n) is 6.38. The fourth-order valence-corrected chi connectivity index (χ4v) is 4.38. The molecule has 0 aliphatic rings.